The van der Waals surface area contributed by atoms with Crippen LogP contribution in [-0.4, -0.2) is 281 Å². The third-order valence-corrected chi connectivity index (χ3v) is 52.3. The standard InChI is InChI=1S/C102H142Br2I2O27S2SeSi3/c1-20-137(21-2,22-3)131-60(14)82(132-138(23-4,24-5)25-6)81(112)85(116-19)70-51-65-49-64-50-66(123-100-93(136-69-47-39-32-40-48-69)90(84(59(13)120-100)122-62(16)107)129-97-76(105)87(83(115-18)58(12)119-97)133-139(26-7,27-8)28-9)52-71(118-56-117-55-63-41-33-29-34-42-63)74(64)79(110)75(65)80(111)86(70)126-98-91(134-67-43-35-30-36-44-67)88(77(108)72(53-103)124-98)127-99-92(135-68-45-37-31-38-46-68)89(78(109)73(54-104)125-99)128-101-94(106)102(17,114)95(61(15)121-101)130-96(113)57(10)11/h29-50,52,57-61,70,72-73,76-78,82-95,97-101,108-110,114H,20-28,51,53-56H2,1-19H3/t58-,59-,60-,61+,70+,72-,73-,76+,77-,78-,82+,83+,84+,85+,86+,87-,88+,89+,90+,91-,92-,93-,94+,95+,97-,98+,99+,100+,101+,102+/m1/s1. The monoisotopic (exact) mass is 2440 g/mol. The molecular formula is C102H142Br2I2O27S2SeSi3. The fourth-order valence-electron chi connectivity index (χ4n) is 19.8. The zero-order valence-corrected chi connectivity index (χ0v) is 96.7. The number of fused-ring (bicyclic) bond motifs is 2. The number of methoxy groups -OCH3 is 2. The summed E-state index contributed by atoms with van der Waals surface area (Å²) in [5.41, 5.74) is -0.723. The Bertz CT molecular complexity index is 4880. The van der Waals surface area contributed by atoms with Gasteiger partial charge in [-0.05, 0) is 81.3 Å². The third-order valence-electron chi connectivity index (χ3n) is 28.5. The Hall–Kier alpha value is -3.17. The maximum atomic E-state index is 17.4. The van der Waals surface area contributed by atoms with Crippen molar-refractivity contribution in [3.8, 4) is 17.2 Å². The second kappa shape index (κ2) is 52.3. The molecule has 0 aromatic heterocycles. The van der Waals surface area contributed by atoms with Gasteiger partial charge in [-0.2, -0.15) is 0 Å². The quantitative estimate of drug-likeness (QED) is 0.00688. The molecule has 0 bridgehead atoms. The minimum absolute atomic E-state index is 0.0177. The van der Waals surface area contributed by atoms with Gasteiger partial charge in [-0.15, -0.1) is 23.5 Å². The Morgan fingerprint density at radius 3 is 1.63 bits per heavy atom. The van der Waals surface area contributed by atoms with Crippen LogP contribution in [0.1, 0.15) is 139 Å². The van der Waals surface area contributed by atoms with Crippen molar-refractivity contribution in [3.63, 3.8) is 0 Å². The second-order valence-electron chi connectivity index (χ2n) is 37.4. The van der Waals surface area contributed by atoms with Crippen LogP contribution in [0.2, 0.25) is 59.2 Å². The summed E-state index contributed by atoms with van der Waals surface area (Å²) in [6, 6.07) is 50.5. The van der Waals surface area contributed by atoms with E-state index in [1.807, 2.05) is 165 Å². The summed E-state index contributed by atoms with van der Waals surface area (Å²) in [6.45, 7) is 32.7. The molecule has 5 aliphatic heterocycles. The number of rotatable bonds is 47. The molecule has 0 unspecified atom stereocenters. The van der Waals surface area contributed by atoms with Gasteiger partial charge in [0, 0.05) is 27.6 Å². The van der Waals surface area contributed by atoms with Crippen LogP contribution in [0.25, 0.3) is 10.8 Å². The molecule has 0 spiro atoms. The van der Waals surface area contributed by atoms with Gasteiger partial charge in [0.05, 0.1) is 44.8 Å². The normalized spacial score (nSPS) is 31.5. The summed E-state index contributed by atoms with van der Waals surface area (Å²) in [4.78, 5) is 61.8. The van der Waals surface area contributed by atoms with Gasteiger partial charge in [0.15, 0.2) is 41.6 Å². The Morgan fingerprint density at radius 1 is 0.597 bits per heavy atom. The molecular weight excluding hydrogens is 2300 g/mol. The number of phenols is 1. The second-order valence-corrected chi connectivity index (χ2v) is 60.7. The van der Waals surface area contributed by atoms with Gasteiger partial charge < -0.3 is 52.6 Å². The summed E-state index contributed by atoms with van der Waals surface area (Å²) >= 11 is 13.7. The van der Waals surface area contributed by atoms with E-state index in [4.69, 9.17) is 89.1 Å². The molecule has 139 heavy (non-hydrogen) atoms. The molecule has 5 heterocycles. The first-order valence-electron chi connectivity index (χ1n) is 48.9. The number of ether oxygens (including phenoxy) is 16. The average molecular weight is 2440 g/mol. The van der Waals surface area contributed by atoms with Crippen LogP contribution in [0, 0.1) is 11.8 Å². The van der Waals surface area contributed by atoms with Gasteiger partial charge in [-0.1, -0.05) is 164 Å². The molecule has 6 aromatic rings. The first-order chi connectivity index (χ1) is 66.5. The van der Waals surface area contributed by atoms with Crippen molar-refractivity contribution in [3.05, 3.63) is 156 Å². The third kappa shape index (κ3) is 26.8. The molecule has 0 saturated carbocycles. The topological polar surface area (TPSA) is 325 Å². The van der Waals surface area contributed by atoms with E-state index >= 15 is 9.59 Å². The Kier molecular flexibility index (Phi) is 43.1. The van der Waals surface area contributed by atoms with E-state index in [0.717, 1.165) is 51.2 Å². The van der Waals surface area contributed by atoms with E-state index in [-0.39, 0.29) is 52.9 Å². The first kappa shape index (κ1) is 115. The van der Waals surface area contributed by atoms with E-state index < -0.39 is 251 Å². The molecule has 12 rings (SSSR count). The van der Waals surface area contributed by atoms with Crippen LogP contribution >= 0.6 is 101 Å². The Balaban J connectivity index is 1.01. The number of phenolic OH excluding ortho intramolecular Hbond substituents is 1. The summed E-state index contributed by atoms with van der Waals surface area (Å²) < 4.78 is 132. The summed E-state index contributed by atoms with van der Waals surface area (Å²) in [5.74, 6) is -4.34. The van der Waals surface area contributed by atoms with Gasteiger partial charge >= 0.3 is 408 Å². The van der Waals surface area contributed by atoms with Crippen molar-refractivity contribution >= 4 is 179 Å². The molecule has 37 heteroatoms. The van der Waals surface area contributed by atoms with Crippen molar-refractivity contribution in [1.82, 2.24) is 0 Å². The average Bonchev–Trinajstić information content (AvgIpc) is 0.726. The number of carbonyl (C=O) groups is 4. The molecule has 27 nitrogen and oxygen atoms in total. The zero-order valence-electron chi connectivity index (χ0n) is 82.9. The summed E-state index contributed by atoms with van der Waals surface area (Å²) in [7, 11) is -4.47. The van der Waals surface area contributed by atoms with Crippen LogP contribution in [0.4, 0.5) is 0 Å². The van der Waals surface area contributed by atoms with Crippen molar-refractivity contribution in [2.75, 3.05) is 31.7 Å². The number of benzene rings is 6. The molecule has 6 aromatic carbocycles. The predicted molar refractivity (Wildman–Crippen MR) is 567 cm³/mol. The molecule has 4 N–H and O–H groups in total. The fourth-order valence-corrected chi connectivity index (χ4v) is 36.3. The number of aromatic hydroxyl groups is 1. The van der Waals surface area contributed by atoms with Gasteiger partial charge in [0.2, 0.25) is 0 Å². The van der Waals surface area contributed by atoms with Crippen molar-refractivity contribution in [2.24, 2.45) is 11.8 Å². The van der Waals surface area contributed by atoms with Crippen molar-refractivity contribution in [2.45, 2.75) is 365 Å². The molecule has 1 aliphatic carbocycles. The minimum atomic E-state index is -2.77. The number of hydrogen-bond acceptors (Lipinski definition) is 29. The Morgan fingerprint density at radius 2 is 1.10 bits per heavy atom. The zero-order chi connectivity index (χ0) is 101. The van der Waals surface area contributed by atoms with E-state index in [1.165, 1.54) is 37.6 Å². The number of aliphatic hydroxyl groups excluding tert-OH is 2. The maximum absolute atomic E-state index is 17.4. The van der Waals surface area contributed by atoms with E-state index in [1.54, 1.807) is 53.0 Å². The SMILES string of the molecule is CC[Si](CC)(CC)O[C@@H]1[C@H](I)[C@@H](O[C@H]2[C@@H](OC(C)=O)[C@@H](C)O[C@@H](Oc3cc(OCOCc4ccccc4)c4c(O)c5c(cc4c3)C[C@@H]([C@H](OC)C(=O)[C@@H](O[Si](CC)(CC)CC)[C@@H](C)O[Si](CC)(CC)CC)[C@H](O[C@@H]3O[C@H](CBr)[C@@H](O)[C@H](O[C@@H]4O[C@H](CBr)[C@@H](O)[C@H](O[C@@H]6O[C@@H](C)[C@H](OC(=O)C(C)C)[C@@](C)(O)[C@H]6I)[C@H]4Sc4ccccc4)[C@H]3Sc3ccccc3)C5=O)[C@@H]2[Se]c2ccccc2)O[C@H](C)[C@@H]1OC. The number of esters is 2. The number of aliphatic hydroxyl groups is 3. The van der Waals surface area contributed by atoms with Crippen LogP contribution in [-0.2, 0) is 107 Å². The molecule has 5 fully saturated rings. The summed E-state index contributed by atoms with van der Waals surface area (Å²) in [6.07, 6.45) is -25.5. The van der Waals surface area contributed by atoms with Crippen LogP contribution < -0.4 is 13.9 Å². The molecule has 770 valence electrons. The summed E-state index contributed by atoms with van der Waals surface area (Å²) in [5, 5.41) is 50.7. The Labute approximate surface area is 881 Å². The number of thioether (sulfide) groups is 2. The predicted octanol–water partition coefficient (Wildman–Crippen LogP) is 18.4. The van der Waals surface area contributed by atoms with Gasteiger partial charge in [0.1, 0.15) is 36.1 Å². The van der Waals surface area contributed by atoms with Crippen LogP contribution in [0.5, 0.6) is 17.2 Å². The van der Waals surface area contributed by atoms with Gasteiger partial charge in [-0.3, -0.25) is 9.59 Å². The number of hydrogen-bond donors (Lipinski definition) is 4. The molecule has 30 atom stereocenters. The molecule has 0 amide bonds. The van der Waals surface area contributed by atoms with E-state index in [2.05, 4.69) is 117 Å². The number of ketones is 2. The molecule has 6 aliphatic rings. The van der Waals surface area contributed by atoms with Crippen LogP contribution in [0.15, 0.2) is 149 Å². The van der Waals surface area contributed by atoms with Crippen LogP contribution in [0.3, 0.4) is 0 Å². The number of carbonyl (C=O) groups excluding carboxylic acids is 4. The van der Waals surface area contributed by atoms with E-state index in [0.29, 0.717) is 34.0 Å². The van der Waals surface area contributed by atoms with Gasteiger partial charge in [-0.25, -0.2) is 0 Å². The van der Waals surface area contributed by atoms with Crippen molar-refractivity contribution < 1.29 is 129 Å². The first-order valence-corrected chi connectivity index (χ1v) is 64.8. The number of Topliss-reactive ketones (excluding diaryl/α,β-unsaturated/α-hetero) is 2. The van der Waals surface area contributed by atoms with Gasteiger partial charge in [0.25, 0.3) is 0 Å². The molecule has 5 saturated heterocycles. The van der Waals surface area contributed by atoms with Crippen molar-refractivity contribution in [1.29, 1.82) is 0 Å². The molecule has 0 radical (unpaired) electrons. The van der Waals surface area contributed by atoms with E-state index in [9.17, 15) is 30.0 Å². The number of halogens is 4. The number of alkyl halides is 4. The fraction of sp³-hybridized carbons (Fsp3) is 0.627.